The smallest absolute Gasteiger partial charge is 0.338 e. The number of nitrogens with zero attached hydrogens (tertiary/aromatic N) is 1. The molecule has 0 radical (unpaired) electrons. The third-order valence-corrected chi connectivity index (χ3v) is 6.09. The number of H-pyrrole nitrogens is 1. The van der Waals surface area contributed by atoms with E-state index >= 15 is 0 Å². The first-order chi connectivity index (χ1) is 16.8. The summed E-state index contributed by atoms with van der Waals surface area (Å²) in [5, 5.41) is 20.3. The van der Waals surface area contributed by atoms with Gasteiger partial charge >= 0.3 is 11.9 Å². The van der Waals surface area contributed by atoms with E-state index in [4.69, 9.17) is 16.3 Å². The van der Waals surface area contributed by atoms with Gasteiger partial charge < -0.3 is 24.8 Å². The molecule has 0 atom stereocenters. The number of anilines is 1. The first kappa shape index (κ1) is 24.2. The van der Waals surface area contributed by atoms with Crippen molar-refractivity contribution in [2.75, 3.05) is 18.0 Å². The Morgan fingerprint density at radius 2 is 1.71 bits per heavy atom. The lowest BCUT2D eigenvalue weighted by Gasteiger charge is -2.21. The van der Waals surface area contributed by atoms with Gasteiger partial charge in [0.05, 0.1) is 12.0 Å². The zero-order chi connectivity index (χ0) is 25.1. The highest BCUT2D eigenvalue weighted by Crippen LogP contribution is 2.42. The number of aromatic nitrogens is 1. The molecule has 0 aliphatic rings. The van der Waals surface area contributed by atoms with Crippen LogP contribution in [0.5, 0.6) is 11.5 Å². The molecule has 7 nitrogen and oxygen atoms in total. The van der Waals surface area contributed by atoms with Gasteiger partial charge in [0.2, 0.25) is 0 Å². The number of carboxylic acids is 2. The van der Waals surface area contributed by atoms with Gasteiger partial charge in [-0.15, -0.1) is 0 Å². The lowest BCUT2D eigenvalue weighted by molar-refractivity contribution is -0.136. The predicted molar refractivity (Wildman–Crippen MR) is 137 cm³/mol. The fourth-order valence-electron chi connectivity index (χ4n) is 4.30. The average molecular weight is 493 g/mol. The van der Waals surface area contributed by atoms with Crippen molar-refractivity contribution in [3.05, 3.63) is 76.9 Å². The molecule has 0 saturated heterocycles. The molecule has 1 aromatic heterocycles. The molecule has 0 spiro atoms. The Labute approximate surface area is 207 Å². The van der Waals surface area contributed by atoms with E-state index < -0.39 is 18.4 Å². The van der Waals surface area contributed by atoms with E-state index in [9.17, 15) is 19.8 Å². The number of halogens is 1. The number of carboxylic acid groups (broad SMARTS) is 2. The van der Waals surface area contributed by atoms with E-state index in [-0.39, 0.29) is 11.3 Å². The molecular weight excluding hydrogens is 468 g/mol. The summed E-state index contributed by atoms with van der Waals surface area (Å²) in [6.45, 7) is 5.87. The highest BCUT2D eigenvalue weighted by molar-refractivity contribution is 6.30. The number of aromatic amines is 1. The minimum atomic E-state index is -1.21. The lowest BCUT2D eigenvalue weighted by Crippen LogP contribution is -2.21. The molecule has 35 heavy (non-hydrogen) atoms. The number of rotatable bonds is 9. The number of nitrogens with one attached hydrogen (secondary N) is 1. The number of benzene rings is 3. The van der Waals surface area contributed by atoms with Crippen LogP contribution < -0.4 is 9.64 Å². The molecule has 0 unspecified atom stereocenters. The van der Waals surface area contributed by atoms with E-state index in [0.29, 0.717) is 33.0 Å². The number of ether oxygens (including phenoxy) is 1. The molecule has 3 N–H and O–H groups in total. The Hall–Kier alpha value is -3.97. The predicted octanol–water partition coefficient (Wildman–Crippen LogP) is 6.45. The summed E-state index contributed by atoms with van der Waals surface area (Å²) >= 11 is 6.13. The van der Waals surface area contributed by atoms with Crippen molar-refractivity contribution in [1.82, 2.24) is 4.98 Å². The van der Waals surface area contributed by atoms with Gasteiger partial charge in [-0.05, 0) is 61.9 Å². The van der Waals surface area contributed by atoms with Gasteiger partial charge in [-0.25, -0.2) is 4.79 Å². The van der Waals surface area contributed by atoms with Gasteiger partial charge in [0.25, 0.3) is 0 Å². The summed E-state index contributed by atoms with van der Waals surface area (Å²) in [6, 6.07) is 18.2. The monoisotopic (exact) mass is 492 g/mol. The number of carbonyl (C=O) groups is 2. The highest BCUT2D eigenvalue weighted by Gasteiger charge is 2.25. The van der Waals surface area contributed by atoms with Crippen LogP contribution >= 0.6 is 11.6 Å². The summed E-state index contributed by atoms with van der Waals surface area (Å²) in [5.74, 6) is -1.41. The van der Waals surface area contributed by atoms with Crippen LogP contribution in [0, 0.1) is 0 Å². The van der Waals surface area contributed by atoms with Crippen LogP contribution in [0.25, 0.3) is 22.0 Å². The first-order valence-electron chi connectivity index (χ1n) is 11.2. The van der Waals surface area contributed by atoms with Gasteiger partial charge in [-0.2, -0.15) is 0 Å². The maximum absolute atomic E-state index is 12.3. The summed E-state index contributed by atoms with van der Waals surface area (Å²) < 4.78 is 6.18. The minimum Gasteiger partial charge on any atom is -0.481 e. The van der Waals surface area contributed by atoms with Crippen molar-refractivity contribution in [2.45, 2.75) is 20.3 Å². The van der Waals surface area contributed by atoms with E-state index in [1.165, 1.54) is 0 Å². The van der Waals surface area contributed by atoms with Crippen LogP contribution in [0.1, 0.15) is 29.9 Å². The fraction of sp³-hybridized carbons (Fsp3) is 0.185. The van der Waals surface area contributed by atoms with Crippen LogP contribution in [0.4, 0.5) is 5.69 Å². The zero-order valence-corrected chi connectivity index (χ0v) is 20.1. The number of aliphatic carboxylic acids is 1. The standard InChI is InChI=1S/C27H25ClN2O5/c1-3-30(4-2)18-10-8-16(9-11-18)24-22(35-19-7-5-6-17(28)14-19)13-12-20-25(24)26(27(33)34)21(29-20)15-23(31)32/h5-14,29H,3-4,15H2,1-2H3,(H,31,32)(H,33,34). The van der Waals surface area contributed by atoms with Crippen molar-refractivity contribution in [1.29, 1.82) is 0 Å². The van der Waals surface area contributed by atoms with Crippen LogP contribution in [-0.4, -0.2) is 40.2 Å². The third kappa shape index (κ3) is 4.95. The first-order valence-corrected chi connectivity index (χ1v) is 11.6. The minimum absolute atomic E-state index is 0.0817. The van der Waals surface area contributed by atoms with Gasteiger partial charge in [0, 0.05) is 46.0 Å². The van der Waals surface area contributed by atoms with Crippen molar-refractivity contribution in [2.24, 2.45) is 0 Å². The average Bonchev–Trinajstić information content (AvgIpc) is 3.18. The van der Waals surface area contributed by atoms with Crippen LogP contribution in [0.3, 0.4) is 0 Å². The number of hydrogen-bond acceptors (Lipinski definition) is 4. The van der Waals surface area contributed by atoms with Gasteiger partial charge in [-0.3, -0.25) is 4.79 Å². The Morgan fingerprint density at radius 3 is 2.31 bits per heavy atom. The molecular formula is C27H25ClN2O5. The van der Waals surface area contributed by atoms with Crippen LogP contribution in [0.2, 0.25) is 5.02 Å². The highest BCUT2D eigenvalue weighted by atomic mass is 35.5. The second kappa shape index (κ2) is 10.1. The quantitative estimate of drug-likeness (QED) is 0.248. The SMILES string of the molecule is CCN(CC)c1ccc(-c2c(Oc3cccc(Cl)c3)ccc3[nH]c(CC(=O)O)c(C(=O)O)c23)cc1. The maximum atomic E-state index is 12.3. The maximum Gasteiger partial charge on any atom is 0.338 e. The molecule has 0 aliphatic heterocycles. The van der Waals surface area contributed by atoms with Gasteiger partial charge in [0.15, 0.2) is 0 Å². The Kier molecular flexibility index (Phi) is 6.98. The Morgan fingerprint density at radius 1 is 1.00 bits per heavy atom. The lowest BCUT2D eigenvalue weighted by atomic mass is 9.96. The largest absolute Gasteiger partial charge is 0.481 e. The fourth-order valence-corrected chi connectivity index (χ4v) is 4.48. The van der Waals surface area contributed by atoms with E-state index in [2.05, 4.69) is 23.7 Å². The second-order valence-electron chi connectivity index (χ2n) is 7.99. The zero-order valence-electron chi connectivity index (χ0n) is 19.3. The van der Waals surface area contributed by atoms with Crippen molar-refractivity contribution in [3.63, 3.8) is 0 Å². The molecule has 0 aliphatic carbocycles. The van der Waals surface area contributed by atoms with Crippen molar-refractivity contribution >= 4 is 40.1 Å². The molecule has 0 amide bonds. The molecule has 0 fully saturated rings. The Bertz CT molecular complexity index is 1390. The van der Waals surface area contributed by atoms with Crippen LogP contribution in [-0.2, 0) is 11.2 Å². The third-order valence-electron chi connectivity index (χ3n) is 5.85. The molecule has 3 aromatic carbocycles. The normalized spacial score (nSPS) is 10.9. The number of aromatic carboxylic acids is 1. The summed E-state index contributed by atoms with van der Waals surface area (Å²) in [6.07, 6.45) is -0.443. The topological polar surface area (TPSA) is 103 Å². The molecule has 8 heteroatoms. The Balaban J connectivity index is 1.97. The molecule has 1 heterocycles. The number of fused-ring (bicyclic) bond motifs is 1. The molecule has 0 bridgehead atoms. The van der Waals surface area contributed by atoms with E-state index in [0.717, 1.165) is 24.3 Å². The molecule has 180 valence electrons. The van der Waals surface area contributed by atoms with Gasteiger partial charge in [-0.1, -0.05) is 29.8 Å². The molecule has 0 saturated carbocycles. The summed E-state index contributed by atoms with van der Waals surface area (Å²) in [5.41, 5.74) is 2.90. The summed E-state index contributed by atoms with van der Waals surface area (Å²) in [4.78, 5) is 28.9. The van der Waals surface area contributed by atoms with Crippen molar-refractivity contribution < 1.29 is 24.5 Å². The number of hydrogen-bond donors (Lipinski definition) is 3. The molecule has 4 rings (SSSR count). The van der Waals surface area contributed by atoms with Gasteiger partial charge in [0.1, 0.15) is 11.5 Å². The van der Waals surface area contributed by atoms with E-state index in [1.807, 2.05) is 24.3 Å². The molecule has 4 aromatic rings. The second-order valence-corrected chi connectivity index (χ2v) is 8.43. The van der Waals surface area contributed by atoms with E-state index in [1.54, 1.807) is 36.4 Å². The summed E-state index contributed by atoms with van der Waals surface area (Å²) in [7, 11) is 0. The van der Waals surface area contributed by atoms with Crippen LogP contribution in [0.15, 0.2) is 60.7 Å². The van der Waals surface area contributed by atoms with Crippen molar-refractivity contribution in [3.8, 4) is 22.6 Å².